The lowest BCUT2D eigenvalue weighted by Crippen LogP contribution is -2.25. The molecule has 168 valence electrons. The lowest BCUT2D eigenvalue weighted by molar-refractivity contribution is -0.149. The molecule has 0 saturated carbocycles. The molecule has 3 aromatic rings. The first-order chi connectivity index (χ1) is 16.0. The first-order valence-electron chi connectivity index (χ1n) is 10.3. The molecule has 1 aliphatic heterocycles. The Labute approximate surface area is 191 Å². The highest BCUT2D eigenvalue weighted by Gasteiger charge is 2.25. The maximum atomic E-state index is 13.1. The molecule has 1 aliphatic rings. The maximum Gasteiger partial charge on any atom is 0.331 e. The lowest BCUT2D eigenvalue weighted by atomic mass is 10.1. The number of esters is 1. The van der Waals surface area contributed by atoms with Crippen LogP contribution in [0.15, 0.2) is 72.8 Å². The predicted octanol–water partition coefficient (Wildman–Crippen LogP) is 4.67. The molecule has 0 aliphatic carbocycles. The minimum atomic E-state index is -1.15. The van der Waals surface area contributed by atoms with Crippen molar-refractivity contribution >= 4 is 23.6 Å². The summed E-state index contributed by atoms with van der Waals surface area (Å²) >= 11 is 0. The van der Waals surface area contributed by atoms with Crippen LogP contribution in [0.25, 0.3) is 6.08 Å². The van der Waals surface area contributed by atoms with E-state index in [0.29, 0.717) is 28.5 Å². The topological polar surface area (TPSA) is 83.1 Å². The summed E-state index contributed by atoms with van der Waals surface area (Å²) in [7, 11) is 1.52. The molecule has 1 heterocycles. The van der Waals surface area contributed by atoms with Crippen LogP contribution in [0.4, 0.5) is 5.69 Å². The summed E-state index contributed by atoms with van der Waals surface area (Å²) in [6.45, 7) is 2.08. The molecule has 0 radical (unpaired) electrons. The lowest BCUT2D eigenvalue weighted by Gasteiger charge is -2.18. The molecule has 0 bridgehead atoms. The van der Waals surface area contributed by atoms with Crippen molar-refractivity contribution in [3.8, 4) is 17.2 Å². The fourth-order valence-corrected chi connectivity index (χ4v) is 3.36. The van der Waals surface area contributed by atoms with Crippen LogP contribution < -0.4 is 19.5 Å². The van der Waals surface area contributed by atoms with Crippen LogP contribution >= 0.6 is 0 Å². The number of aryl methyl sites for hydroxylation is 1. The molecule has 33 heavy (non-hydrogen) atoms. The van der Waals surface area contributed by atoms with Gasteiger partial charge >= 0.3 is 5.97 Å². The van der Waals surface area contributed by atoms with Crippen molar-refractivity contribution in [2.75, 3.05) is 19.2 Å². The second kappa shape index (κ2) is 9.91. The summed E-state index contributed by atoms with van der Waals surface area (Å²) in [5.74, 6) is 0.624. The Kier molecular flexibility index (Phi) is 6.59. The Morgan fingerprint density at radius 1 is 1.00 bits per heavy atom. The van der Waals surface area contributed by atoms with E-state index >= 15 is 0 Å². The standard InChI is InChI=1S/C26H23NO6/c1-17-8-11-21(30-2)20(14-17)27-26(29)25(19-6-4-3-5-7-19)33-24(28)13-10-18-9-12-22-23(15-18)32-16-31-22/h3-15,25H,16H2,1-2H3,(H,27,29)/b13-10+/t25-/m1/s1. The molecule has 1 N–H and O–H groups in total. The van der Waals surface area contributed by atoms with E-state index in [2.05, 4.69) is 5.32 Å². The molecular formula is C26H23NO6. The normalized spacial score (nSPS) is 12.9. The summed E-state index contributed by atoms with van der Waals surface area (Å²) in [5.41, 5.74) is 2.73. The van der Waals surface area contributed by atoms with Crippen molar-refractivity contribution in [2.45, 2.75) is 13.0 Å². The number of anilines is 1. The first kappa shape index (κ1) is 22.0. The van der Waals surface area contributed by atoms with Crippen LogP contribution in [-0.2, 0) is 14.3 Å². The third-order valence-corrected chi connectivity index (χ3v) is 5.00. The number of fused-ring (bicyclic) bond motifs is 1. The van der Waals surface area contributed by atoms with Crippen LogP contribution in [0.1, 0.15) is 22.8 Å². The van der Waals surface area contributed by atoms with Gasteiger partial charge in [0.25, 0.3) is 5.91 Å². The van der Waals surface area contributed by atoms with Crippen LogP contribution in [0.2, 0.25) is 0 Å². The van der Waals surface area contributed by atoms with Crippen molar-refractivity contribution in [3.63, 3.8) is 0 Å². The van der Waals surface area contributed by atoms with E-state index in [1.807, 2.05) is 19.1 Å². The minimum absolute atomic E-state index is 0.171. The molecule has 0 aromatic heterocycles. The van der Waals surface area contributed by atoms with Gasteiger partial charge in [0.15, 0.2) is 11.5 Å². The smallest absolute Gasteiger partial charge is 0.331 e. The summed E-state index contributed by atoms with van der Waals surface area (Å²) in [6.07, 6.45) is 1.72. The van der Waals surface area contributed by atoms with Crippen LogP contribution in [0.5, 0.6) is 17.2 Å². The fraction of sp³-hybridized carbons (Fsp3) is 0.154. The van der Waals surface area contributed by atoms with Gasteiger partial charge in [-0.15, -0.1) is 0 Å². The van der Waals surface area contributed by atoms with Crippen molar-refractivity contribution in [3.05, 3.63) is 89.5 Å². The number of carbonyl (C=O) groups excluding carboxylic acids is 2. The Morgan fingerprint density at radius 3 is 2.58 bits per heavy atom. The van der Waals surface area contributed by atoms with Crippen molar-refractivity contribution < 1.29 is 28.5 Å². The molecule has 0 fully saturated rings. The zero-order valence-electron chi connectivity index (χ0n) is 18.2. The van der Waals surface area contributed by atoms with Crippen LogP contribution in [0, 0.1) is 6.92 Å². The van der Waals surface area contributed by atoms with E-state index in [-0.39, 0.29) is 6.79 Å². The highest BCUT2D eigenvalue weighted by molar-refractivity contribution is 5.98. The number of ether oxygens (including phenoxy) is 4. The molecule has 1 atom stereocenters. The van der Waals surface area contributed by atoms with E-state index in [1.54, 1.807) is 60.7 Å². The third kappa shape index (κ3) is 5.33. The molecule has 7 nitrogen and oxygen atoms in total. The number of benzene rings is 3. The number of hydrogen-bond acceptors (Lipinski definition) is 6. The summed E-state index contributed by atoms with van der Waals surface area (Å²) in [6, 6.07) is 19.6. The molecule has 1 amide bonds. The van der Waals surface area contributed by atoms with Crippen molar-refractivity contribution in [1.82, 2.24) is 0 Å². The van der Waals surface area contributed by atoms with E-state index in [4.69, 9.17) is 18.9 Å². The number of rotatable bonds is 7. The van der Waals surface area contributed by atoms with E-state index in [1.165, 1.54) is 13.2 Å². The predicted molar refractivity (Wildman–Crippen MR) is 123 cm³/mol. The zero-order chi connectivity index (χ0) is 23.2. The summed E-state index contributed by atoms with van der Waals surface area (Å²) < 4.78 is 21.5. The van der Waals surface area contributed by atoms with Gasteiger partial charge in [0, 0.05) is 11.6 Å². The van der Waals surface area contributed by atoms with Gasteiger partial charge in [-0.05, 0) is 48.4 Å². The second-order valence-electron chi connectivity index (χ2n) is 7.37. The fourth-order valence-electron chi connectivity index (χ4n) is 3.36. The number of carbonyl (C=O) groups is 2. The summed E-state index contributed by atoms with van der Waals surface area (Å²) in [5, 5.41) is 2.81. The van der Waals surface area contributed by atoms with Crippen LogP contribution in [0.3, 0.4) is 0 Å². The van der Waals surface area contributed by atoms with Gasteiger partial charge in [-0.3, -0.25) is 4.79 Å². The Bertz CT molecular complexity index is 1190. The minimum Gasteiger partial charge on any atom is -0.495 e. The SMILES string of the molecule is COc1ccc(C)cc1NC(=O)[C@H](OC(=O)/C=C/c1ccc2c(c1)OCO2)c1ccccc1. The van der Waals surface area contributed by atoms with Gasteiger partial charge in [0.1, 0.15) is 5.75 Å². The Morgan fingerprint density at radius 2 is 1.79 bits per heavy atom. The Balaban J connectivity index is 1.52. The molecule has 0 unspecified atom stereocenters. The maximum absolute atomic E-state index is 13.1. The highest BCUT2D eigenvalue weighted by atomic mass is 16.7. The van der Waals surface area contributed by atoms with Gasteiger partial charge in [-0.25, -0.2) is 4.79 Å². The number of amides is 1. The quantitative estimate of drug-likeness (QED) is 0.420. The molecule has 3 aromatic carbocycles. The van der Waals surface area contributed by atoms with Gasteiger partial charge in [-0.1, -0.05) is 42.5 Å². The molecule has 7 heteroatoms. The monoisotopic (exact) mass is 445 g/mol. The zero-order valence-corrected chi connectivity index (χ0v) is 18.2. The van der Waals surface area contributed by atoms with Crippen molar-refractivity contribution in [2.24, 2.45) is 0 Å². The van der Waals surface area contributed by atoms with E-state index < -0.39 is 18.0 Å². The van der Waals surface area contributed by atoms with E-state index in [9.17, 15) is 9.59 Å². The van der Waals surface area contributed by atoms with Crippen LogP contribution in [-0.4, -0.2) is 25.8 Å². The highest BCUT2D eigenvalue weighted by Crippen LogP contribution is 2.33. The molecule has 0 spiro atoms. The van der Waals surface area contributed by atoms with Gasteiger partial charge in [0.05, 0.1) is 12.8 Å². The average molecular weight is 445 g/mol. The third-order valence-electron chi connectivity index (χ3n) is 5.00. The Hall–Kier alpha value is -4.26. The van der Waals surface area contributed by atoms with E-state index in [0.717, 1.165) is 11.1 Å². The van der Waals surface area contributed by atoms with Crippen molar-refractivity contribution in [1.29, 1.82) is 0 Å². The summed E-state index contributed by atoms with van der Waals surface area (Å²) in [4.78, 5) is 25.7. The number of methoxy groups -OCH3 is 1. The largest absolute Gasteiger partial charge is 0.495 e. The molecular weight excluding hydrogens is 422 g/mol. The van der Waals surface area contributed by atoms with Gasteiger partial charge < -0.3 is 24.3 Å². The van der Waals surface area contributed by atoms with Gasteiger partial charge in [0.2, 0.25) is 12.9 Å². The number of hydrogen-bond donors (Lipinski definition) is 1. The van der Waals surface area contributed by atoms with Gasteiger partial charge in [-0.2, -0.15) is 0 Å². The second-order valence-corrected chi connectivity index (χ2v) is 7.37. The molecule has 0 saturated heterocycles. The number of nitrogens with one attached hydrogen (secondary N) is 1. The first-order valence-corrected chi connectivity index (χ1v) is 10.3. The average Bonchev–Trinajstić information content (AvgIpc) is 3.30. The molecule has 4 rings (SSSR count).